The van der Waals surface area contributed by atoms with E-state index < -0.39 is 24.6 Å². The highest BCUT2D eigenvalue weighted by Gasteiger charge is 2.44. The third-order valence-corrected chi connectivity index (χ3v) is 2.76. The fourth-order valence-corrected chi connectivity index (χ4v) is 1.57. The van der Waals surface area contributed by atoms with Gasteiger partial charge in [-0.15, -0.1) is 0 Å². The average Bonchev–Trinajstić information content (AvgIpc) is 2.27. The minimum absolute atomic E-state index is 0.250. The van der Waals surface area contributed by atoms with Gasteiger partial charge in [-0.3, -0.25) is 4.79 Å². The predicted octanol–water partition coefficient (Wildman–Crippen LogP) is 3.49. The van der Waals surface area contributed by atoms with Gasteiger partial charge >= 0.3 is 12.1 Å². The number of alkyl halides is 3. The first-order valence-electron chi connectivity index (χ1n) is 5.85. The summed E-state index contributed by atoms with van der Waals surface area (Å²) < 4.78 is 37.4. The van der Waals surface area contributed by atoms with Gasteiger partial charge in [-0.05, 0) is 23.6 Å². The molecule has 1 aromatic rings. The van der Waals surface area contributed by atoms with Crippen molar-refractivity contribution < 1.29 is 23.1 Å². The van der Waals surface area contributed by atoms with Crippen LogP contribution in [0.4, 0.5) is 18.9 Å². The molecule has 0 amide bonds. The van der Waals surface area contributed by atoms with Crippen molar-refractivity contribution in [1.29, 1.82) is 0 Å². The van der Waals surface area contributed by atoms with Crippen LogP contribution in [-0.4, -0.2) is 23.8 Å². The summed E-state index contributed by atoms with van der Waals surface area (Å²) in [5.74, 6) is -4.03. The summed E-state index contributed by atoms with van der Waals surface area (Å²) in [5, 5.41) is 11.1. The van der Waals surface area contributed by atoms with Crippen molar-refractivity contribution >= 4 is 11.7 Å². The van der Waals surface area contributed by atoms with Crippen LogP contribution in [0.15, 0.2) is 24.3 Å². The zero-order valence-electron chi connectivity index (χ0n) is 10.7. The van der Waals surface area contributed by atoms with Gasteiger partial charge in [0.25, 0.3) is 0 Å². The Morgan fingerprint density at radius 2 is 2.00 bits per heavy atom. The Kier molecular flexibility index (Phi) is 4.80. The van der Waals surface area contributed by atoms with Gasteiger partial charge in [-0.1, -0.05) is 26.0 Å². The van der Waals surface area contributed by atoms with E-state index in [9.17, 15) is 18.0 Å². The molecular formula is C13H16F3NO2. The van der Waals surface area contributed by atoms with Crippen LogP contribution in [0, 0.1) is 5.92 Å². The second kappa shape index (κ2) is 5.95. The van der Waals surface area contributed by atoms with E-state index in [0.29, 0.717) is 5.69 Å². The lowest BCUT2D eigenvalue weighted by atomic mass is 10.0. The third kappa shape index (κ3) is 4.46. The largest absolute Gasteiger partial charge is 0.481 e. The second-order valence-electron chi connectivity index (χ2n) is 4.59. The SMILES string of the molecule is CC(C)c1cccc(NCC(C(=O)O)C(F)(F)F)c1. The molecule has 0 spiro atoms. The Morgan fingerprint density at radius 3 is 2.47 bits per heavy atom. The smallest absolute Gasteiger partial charge is 0.403 e. The Bertz CT molecular complexity index is 444. The zero-order chi connectivity index (χ0) is 14.6. The first-order valence-corrected chi connectivity index (χ1v) is 5.85. The van der Waals surface area contributed by atoms with Crippen molar-refractivity contribution in [1.82, 2.24) is 0 Å². The van der Waals surface area contributed by atoms with Crippen LogP contribution in [0.5, 0.6) is 0 Å². The van der Waals surface area contributed by atoms with Crippen LogP contribution in [0.25, 0.3) is 0 Å². The molecular weight excluding hydrogens is 259 g/mol. The summed E-state index contributed by atoms with van der Waals surface area (Å²) in [6, 6.07) is 6.93. The van der Waals surface area contributed by atoms with Crippen LogP contribution in [-0.2, 0) is 4.79 Å². The molecule has 0 heterocycles. The molecule has 0 saturated carbocycles. The average molecular weight is 275 g/mol. The number of aliphatic carboxylic acids is 1. The Balaban J connectivity index is 2.75. The van der Waals surface area contributed by atoms with E-state index in [4.69, 9.17) is 5.11 Å². The maximum Gasteiger partial charge on any atom is 0.403 e. The Hall–Kier alpha value is -1.72. The number of rotatable bonds is 5. The topological polar surface area (TPSA) is 49.3 Å². The molecule has 2 N–H and O–H groups in total. The molecule has 106 valence electrons. The Labute approximate surface area is 109 Å². The predicted molar refractivity (Wildman–Crippen MR) is 66.2 cm³/mol. The van der Waals surface area contributed by atoms with E-state index in [2.05, 4.69) is 5.32 Å². The van der Waals surface area contributed by atoms with E-state index in [1.807, 2.05) is 19.9 Å². The monoisotopic (exact) mass is 275 g/mol. The van der Waals surface area contributed by atoms with Gasteiger partial charge < -0.3 is 10.4 Å². The first kappa shape index (κ1) is 15.3. The van der Waals surface area contributed by atoms with E-state index in [0.717, 1.165) is 5.56 Å². The molecule has 0 aliphatic rings. The van der Waals surface area contributed by atoms with E-state index in [1.54, 1.807) is 18.2 Å². The minimum atomic E-state index is -4.76. The molecule has 1 unspecified atom stereocenters. The summed E-state index contributed by atoms with van der Waals surface area (Å²) in [6.45, 7) is 3.25. The van der Waals surface area contributed by atoms with Gasteiger partial charge in [0.2, 0.25) is 0 Å². The molecule has 1 rings (SSSR count). The molecule has 3 nitrogen and oxygen atoms in total. The van der Waals surface area contributed by atoms with Gasteiger partial charge in [0.05, 0.1) is 0 Å². The van der Waals surface area contributed by atoms with Crippen molar-refractivity contribution in [3.8, 4) is 0 Å². The molecule has 0 fully saturated rings. The zero-order valence-corrected chi connectivity index (χ0v) is 10.7. The maximum atomic E-state index is 12.5. The molecule has 0 bridgehead atoms. The summed E-state index contributed by atoms with van der Waals surface area (Å²) in [5.41, 5.74) is 1.46. The molecule has 0 saturated heterocycles. The fraction of sp³-hybridized carbons (Fsp3) is 0.462. The number of halogens is 3. The molecule has 6 heteroatoms. The van der Waals surface area contributed by atoms with Crippen LogP contribution < -0.4 is 5.32 Å². The van der Waals surface area contributed by atoms with Crippen molar-refractivity contribution in [2.75, 3.05) is 11.9 Å². The standard InChI is InChI=1S/C13H16F3NO2/c1-8(2)9-4-3-5-10(6-9)17-7-11(12(18)19)13(14,15)16/h3-6,8,11,17H,7H2,1-2H3,(H,18,19). The van der Waals surface area contributed by atoms with Crippen molar-refractivity contribution in [2.45, 2.75) is 25.9 Å². The Morgan fingerprint density at radius 1 is 1.37 bits per heavy atom. The van der Waals surface area contributed by atoms with Crippen molar-refractivity contribution in [3.05, 3.63) is 29.8 Å². The lowest BCUT2D eigenvalue weighted by Gasteiger charge is -2.17. The number of carboxylic acids is 1. The molecule has 0 radical (unpaired) electrons. The van der Waals surface area contributed by atoms with Crippen molar-refractivity contribution in [3.63, 3.8) is 0 Å². The van der Waals surface area contributed by atoms with Crippen LogP contribution in [0.1, 0.15) is 25.3 Å². The van der Waals surface area contributed by atoms with Gasteiger partial charge in [0, 0.05) is 12.2 Å². The lowest BCUT2D eigenvalue weighted by Crippen LogP contribution is -2.36. The number of benzene rings is 1. The number of carbonyl (C=O) groups is 1. The molecule has 1 aromatic carbocycles. The van der Waals surface area contributed by atoms with Crippen LogP contribution in [0.3, 0.4) is 0 Å². The highest BCUT2D eigenvalue weighted by atomic mass is 19.4. The highest BCUT2D eigenvalue weighted by Crippen LogP contribution is 2.27. The summed E-state index contributed by atoms with van der Waals surface area (Å²) in [7, 11) is 0. The molecule has 19 heavy (non-hydrogen) atoms. The summed E-state index contributed by atoms with van der Waals surface area (Å²) in [4.78, 5) is 10.6. The van der Waals surface area contributed by atoms with Gasteiger partial charge in [0.1, 0.15) is 0 Å². The van der Waals surface area contributed by atoms with Gasteiger partial charge in [-0.25, -0.2) is 0 Å². The summed E-state index contributed by atoms with van der Waals surface area (Å²) in [6.07, 6.45) is -4.76. The number of anilines is 1. The molecule has 0 aliphatic heterocycles. The molecule has 0 aliphatic carbocycles. The second-order valence-corrected chi connectivity index (χ2v) is 4.59. The molecule has 0 aromatic heterocycles. The number of nitrogens with one attached hydrogen (secondary N) is 1. The highest BCUT2D eigenvalue weighted by molar-refractivity contribution is 5.71. The number of carboxylic acid groups (broad SMARTS) is 1. The quantitative estimate of drug-likeness (QED) is 0.864. The fourth-order valence-electron chi connectivity index (χ4n) is 1.57. The van der Waals surface area contributed by atoms with Crippen LogP contribution in [0.2, 0.25) is 0 Å². The minimum Gasteiger partial charge on any atom is -0.481 e. The van der Waals surface area contributed by atoms with Gasteiger partial charge in [0.15, 0.2) is 5.92 Å². The van der Waals surface area contributed by atoms with E-state index in [1.165, 1.54) is 0 Å². The summed E-state index contributed by atoms with van der Waals surface area (Å²) >= 11 is 0. The van der Waals surface area contributed by atoms with Crippen molar-refractivity contribution in [2.24, 2.45) is 5.92 Å². The number of hydrogen-bond acceptors (Lipinski definition) is 2. The van der Waals surface area contributed by atoms with E-state index >= 15 is 0 Å². The number of hydrogen-bond donors (Lipinski definition) is 2. The third-order valence-electron chi connectivity index (χ3n) is 2.76. The maximum absolute atomic E-state index is 12.5. The van der Waals surface area contributed by atoms with Gasteiger partial charge in [-0.2, -0.15) is 13.2 Å². The van der Waals surface area contributed by atoms with E-state index in [-0.39, 0.29) is 5.92 Å². The normalized spacial score (nSPS) is 13.4. The first-order chi connectivity index (χ1) is 8.71. The lowest BCUT2D eigenvalue weighted by molar-refractivity contribution is -0.190. The van der Waals surface area contributed by atoms with Crippen LogP contribution >= 0.6 is 0 Å². The molecule has 1 atom stereocenters.